The molecule has 2 aliphatic heterocycles. The third-order valence-electron chi connectivity index (χ3n) is 16.7. The van der Waals surface area contributed by atoms with Gasteiger partial charge in [0.2, 0.25) is 43.8 Å². The Labute approximate surface area is 595 Å². The van der Waals surface area contributed by atoms with Gasteiger partial charge in [0.1, 0.15) is 49.0 Å². The molecule has 2 saturated heterocycles. The highest BCUT2D eigenvalue weighted by atomic mass is 28.4. The van der Waals surface area contributed by atoms with Crippen molar-refractivity contribution in [1.82, 2.24) is 40.4 Å². The van der Waals surface area contributed by atoms with E-state index in [4.69, 9.17) is 23.4 Å². The van der Waals surface area contributed by atoms with Gasteiger partial charge in [-0.1, -0.05) is 149 Å². The van der Waals surface area contributed by atoms with Crippen molar-refractivity contribution < 1.29 is 66.5 Å². The van der Waals surface area contributed by atoms with Gasteiger partial charge in [-0.05, 0) is 140 Å². The molecule has 23 heteroatoms. The second-order valence-corrected chi connectivity index (χ2v) is 32.8. The van der Waals surface area contributed by atoms with Crippen LogP contribution in [-0.4, -0.2) is 190 Å². The molecule has 2 aliphatic rings. The normalized spacial score (nSPS) is 14.8. The third-order valence-corrected chi connectivity index (χ3v) is 17.5. The lowest BCUT2D eigenvalue weighted by Crippen LogP contribution is -2.60. The Balaban J connectivity index is 0.000000371. The molecule has 4 aromatic carbocycles. The van der Waals surface area contributed by atoms with Crippen molar-refractivity contribution in [1.29, 1.82) is 0 Å². The molecule has 3 N–H and O–H groups in total. The summed E-state index contributed by atoms with van der Waals surface area (Å²) in [5.41, 5.74) is 3.77. The van der Waals surface area contributed by atoms with Gasteiger partial charge in [0.15, 0.2) is 0 Å². The zero-order valence-electron chi connectivity index (χ0n) is 62.4. The number of likely N-dealkylation sites (tertiary alicyclic amines) is 2. The zero-order valence-corrected chi connectivity index (χ0v) is 63.4. The van der Waals surface area contributed by atoms with Crippen molar-refractivity contribution in [2.24, 2.45) is 11.8 Å². The van der Waals surface area contributed by atoms with Gasteiger partial charge in [0.25, 0.3) is 5.95 Å². The van der Waals surface area contributed by atoms with Crippen LogP contribution in [0.15, 0.2) is 133 Å². The number of nitrogens with one attached hydrogen (secondary N) is 3. The zero-order chi connectivity index (χ0) is 74.3. The lowest BCUT2D eigenvalue weighted by Gasteiger charge is -2.37. The molecule has 2 fully saturated rings. The fourth-order valence-electron chi connectivity index (χ4n) is 11.6. The van der Waals surface area contributed by atoms with E-state index in [1.165, 1.54) is 28.8 Å². The first-order chi connectivity index (χ1) is 47.2. The highest BCUT2D eigenvalue weighted by Crippen LogP contribution is 2.22. The maximum absolute atomic E-state index is 14.2. The summed E-state index contributed by atoms with van der Waals surface area (Å²) < 4.78 is 27.2. The van der Waals surface area contributed by atoms with Crippen LogP contribution < -0.4 is 16.0 Å². The first-order valence-corrected chi connectivity index (χ1v) is 38.4. The number of piperidine rings is 2. The molecule has 6 atom stereocenters. The fourth-order valence-corrected chi connectivity index (χ4v) is 12.4. The van der Waals surface area contributed by atoms with E-state index in [-0.39, 0.29) is 62.0 Å². The first kappa shape index (κ1) is 83.8. The van der Waals surface area contributed by atoms with E-state index in [0.717, 1.165) is 66.4 Å². The average Bonchev–Trinajstić information content (AvgIpc) is 0.818. The number of ether oxygens (including phenoxy) is 4. The molecular formula is C77H114N8O14Si. The van der Waals surface area contributed by atoms with Crippen LogP contribution >= 0.6 is 0 Å². The van der Waals surface area contributed by atoms with Crippen LogP contribution in [0.25, 0.3) is 0 Å². The van der Waals surface area contributed by atoms with Crippen LogP contribution in [0.4, 0.5) is 4.79 Å². The molecule has 2 heterocycles. The molecule has 0 spiro atoms. The van der Waals surface area contributed by atoms with Gasteiger partial charge >= 0.3 is 18.0 Å². The van der Waals surface area contributed by atoms with E-state index >= 15 is 0 Å². The lowest BCUT2D eigenvalue weighted by molar-refractivity contribution is -0.151. The third kappa shape index (κ3) is 28.9. The predicted molar refractivity (Wildman–Crippen MR) is 390 cm³/mol. The molecule has 0 bridgehead atoms. The minimum Gasteiger partial charge on any atom is -0.520 e. The Hall–Kier alpha value is -8.57. The number of carbonyl (C=O) groups is 9. The number of likely N-dealkylation sites (N-methyl/N-ethyl adjacent to an activating group) is 4. The first-order valence-electron chi connectivity index (χ1n) is 35.0. The summed E-state index contributed by atoms with van der Waals surface area (Å²) in [5, 5.41) is 8.70. The number of allylic oxidation sites excluding steroid dienone is 1. The Kier molecular flexibility index (Phi) is 35.1. The summed E-state index contributed by atoms with van der Waals surface area (Å²) >= 11 is 0. The molecule has 100 heavy (non-hydrogen) atoms. The van der Waals surface area contributed by atoms with Gasteiger partial charge in [-0.2, -0.15) is 0 Å². The van der Waals surface area contributed by atoms with Crippen LogP contribution in [0.2, 0.25) is 19.6 Å². The van der Waals surface area contributed by atoms with E-state index < -0.39 is 85.9 Å². The summed E-state index contributed by atoms with van der Waals surface area (Å²) in [4.78, 5) is 129. The maximum atomic E-state index is 14.2. The highest BCUT2D eigenvalue weighted by Gasteiger charge is 2.41. The molecule has 7 amide bonds. The SMILES string of the molecule is CC(C)[C@@H](C(=O)N[C@@H](CC(=O)OCc1ccccc1)C(=O)N1CCCCC1)N(C)C(=O)C(Cc1ccccc1)N(C)C(=O)OC(C)(C)C.CNC(Cc1ccccc1)C(=O)N(C)[C@H](C(=O)N[C@@H](CC(=O)OCc1ccccc1)C(=O)N1CCCCC1)C(C)C.COC(O[Si](C)(C)C)=C(C)C. The number of methoxy groups -OCH3 is 1. The van der Waals surface area contributed by atoms with Crippen LogP contribution in [0.3, 0.4) is 0 Å². The number of amides is 7. The van der Waals surface area contributed by atoms with Gasteiger partial charge in [-0.3, -0.25) is 43.3 Å². The smallest absolute Gasteiger partial charge is 0.410 e. The van der Waals surface area contributed by atoms with E-state index in [9.17, 15) is 43.2 Å². The topological polar surface area (TPSA) is 252 Å². The summed E-state index contributed by atoms with van der Waals surface area (Å²) in [6.07, 6.45) is 4.82. The van der Waals surface area contributed by atoms with Crippen LogP contribution in [-0.2, 0) is 87.8 Å². The van der Waals surface area contributed by atoms with Gasteiger partial charge in [0, 0.05) is 59.3 Å². The fraction of sp³-hybridized carbons (Fsp3) is 0.545. The van der Waals surface area contributed by atoms with Gasteiger partial charge in [-0.25, -0.2) is 4.79 Å². The van der Waals surface area contributed by atoms with Crippen molar-refractivity contribution in [3.05, 3.63) is 155 Å². The molecule has 22 nitrogen and oxygen atoms in total. The van der Waals surface area contributed by atoms with Crippen LogP contribution in [0.1, 0.15) is 136 Å². The van der Waals surface area contributed by atoms with E-state index in [1.54, 1.807) is 65.6 Å². The molecule has 0 aliphatic carbocycles. The number of hydrogen-bond acceptors (Lipinski definition) is 15. The maximum Gasteiger partial charge on any atom is 0.410 e. The minimum atomic E-state index is -1.49. The van der Waals surface area contributed by atoms with E-state index in [0.29, 0.717) is 38.5 Å². The monoisotopic (exact) mass is 1400 g/mol. The van der Waals surface area contributed by atoms with Crippen molar-refractivity contribution in [3.8, 4) is 0 Å². The Bertz CT molecular complexity index is 3240. The second-order valence-electron chi connectivity index (χ2n) is 28.4. The Morgan fingerprint density at radius 2 is 0.870 bits per heavy atom. The second kappa shape index (κ2) is 41.9. The van der Waals surface area contributed by atoms with E-state index in [1.807, 2.05) is 149 Å². The summed E-state index contributed by atoms with van der Waals surface area (Å²) in [5.74, 6) is -3.55. The number of esters is 2. The molecule has 2 unspecified atom stereocenters. The molecule has 0 saturated carbocycles. The molecule has 550 valence electrons. The van der Waals surface area contributed by atoms with Crippen molar-refractivity contribution in [3.63, 3.8) is 0 Å². The van der Waals surface area contributed by atoms with Crippen molar-refractivity contribution in [2.75, 3.05) is 61.5 Å². The molecule has 4 aromatic rings. The summed E-state index contributed by atoms with van der Waals surface area (Å²) in [6.45, 7) is 25.3. The Morgan fingerprint density at radius 3 is 1.19 bits per heavy atom. The number of nitrogens with zero attached hydrogens (tertiary/aromatic N) is 5. The number of rotatable bonds is 29. The van der Waals surface area contributed by atoms with Crippen LogP contribution in [0.5, 0.6) is 0 Å². The van der Waals surface area contributed by atoms with Crippen molar-refractivity contribution >= 4 is 61.8 Å². The van der Waals surface area contributed by atoms with Crippen molar-refractivity contribution in [2.45, 2.75) is 201 Å². The minimum absolute atomic E-state index is 0.0398. The molecular weight excluding hydrogens is 1290 g/mol. The van der Waals surface area contributed by atoms with Gasteiger partial charge < -0.3 is 58.9 Å². The van der Waals surface area contributed by atoms with Gasteiger partial charge in [0.05, 0.1) is 26.0 Å². The number of benzene rings is 4. The highest BCUT2D eigenvalue weighted by molar-refractivity contribution is 6.70. The number of carbonyl (C=O) groups excluding carboxylic acids is 9. The molecule has 0 aromatic heterocycles. The lowest BCUT2D eigenvalue weighted by atomic mass is 9.98. The standard InChI is InChI=1S/C37H52N4O7.C32H44N4O5.C8H18O2Si/c1-26(2)32(40(7)35(45)30(23-27-17-11-8-12-18-27)39(6)36(46)48-37(3,4)5)33(43)38-29(34(44)41-21-15-10-16-22-41)24-31(42)47-25-28-19-13-9-14-20-28;1-23(2)29(35(4)31(39)26(33-3)20-24-14-8-5-9-15-24)30(38)34-27(32(40)36-18-12-7-13-19-36)21-28(37)41-22-25-16-10-6-11-17-25;1-7(2)8(9-3)10-11(4,5)6/h8-9,11-14,17-20,26,29-30,32H,10,15-16,21-25H2,1-7H3,(H,38,43);5-6,8-11,14-17,23,26-27,29,33H,7,12-13,18-22H2,1-4H3,(H,34,38);1-6H3/t29-,30?,32-;26?,27-,29-;/m00./s1. The number of hydrogen-bond donors (Lipinski definition) is 3. The quantitative estimate of drug-likeness (QED) is 0.0198. The molecule has 6 rings (SSSR count). The molecule has 0 radical (unpaired) electrons. The van der Waals surface area contributed by atoms with Crippen LogP contribution in [0, 0.1) is 11.8 Å². The summed E-state index contributed by atoms with van der Waals surface area (Å²) in [6, 6.07) is 31.8. The van der Waals surface area contributed by atoms with Gasteiger partial charge in [-0.15, -0.1) is 0 Å². The predicted octanol–water partition coefficient (Wildman–Crippen LogP) is 10.2. The van der Waals surface area contributed by atoms with E-state index in [2.05, 4.69) is 35.6 Å². The average molecular weight is 1400 g/mol. The summed E-state index contributed by atoms with van der Waals surface area (Å²) in [7, 11) is 6.51. The largest absolute Gasteiger partial charge is 0.520 e. The Morgan fingerprint density at radius 1 is 0.510 bits per heavy atom.